The van der Waals surface area contributed by atoms with Gasteiger partial charge in [0.15, 0.2) is 0 Å². The summed E-state index contributed by atoms with van der Waals surface area (Å²) in [5, 5.41) is 2.28. The van der Waals surface area contributed by atoms with Crippen LogP contribution in [0.1, 0.15) is 19.8 Å². The summed E-state index contributed by atoms with van der Waals surface area (Å²) in [5.41, 5.74) is 7.77. The van der Waals surface area contributed by atoms with Crippen molar-refractivity contribution in [1.29, 1.82) is 0 Å². The van der Waals surface area contributed by atoms with Crippen molar-refractivity contribution >= 4 is 27.3 Å². The molecule has 2 aliphatic heterocycles. The molecule has 3 aliphatic rings. The van der Waals surface area contributed by atoms with Gasteiger partial charge < -0.3 is 15.0 Å². The van der Waals surface area contributed by atoms with E-state index in [-0.39, 0.29) is 18.5 Å². The lowest BCUT2D eigenvalue weighted by atomic mass is 9.79. The maximum Gasteiger partial charge on any atom is 0.239 e. The van der Waals surface area contributed by atoms with Crippen molar-refractivity contribution in [2.24, 2.45) is 11.8 Å². The molecule has 2 heterocycles. The minimum absolute atomic E-state index is 0.118. The summed E-state index contributed by atoms with van der Waals surface area (Å²) in [7, 11) is -0.162. The molecule has 30 heavy (non-hydrogen) atoms. The quantitative estimate of drug-likeness (QED) is 0.620. The summed E-state index contributed by atoms with van der Waals surface area (Å²) in [5.74, 6) is 1.05. The van der Waals surface area contributed by atoms with Gasteiger partial charge in [-0.25, -0.2) is 8.42 Å². The number of hydrazine groups is 1. The number of amides is 1. The fraction of sp³-hybridized carbons (Fsp3) is 0.650. The summed E-state index contributed by atoms with van der Waals surface area (Å²) in [6.07, 6.45) is 1.61. The molecule has 9 nitrogen and oxygen atoms in total. The van der Waals surface area contributed by atoms with E-state index in [1.54, 1.807) is 6.07 Å². The number of fused-ring (bicyclic) bond motifs is 2. The molecule has 3 N–H and O–H groups in total. The summed E-state index contributed by atoms with van der Waals surface area (Å²) in [4.78, 5) is 14.7. The highest BCUT2D eigenvalue weighted by molar-refractivity contribution is 7.89. The molecule has 1 saturated carbocycles. The lowest BCUT2D eigenvalue weighted by molar-refractivity contribution is -0.116. The molecule has 0 spiro atoms. The average Bonchev–Trinajstić information content (AvgIpc) is 3.16. The van der Waals surface area contributed by atoms with Gasteiger partial charge in [0.2, 0.25) is 15.9 Å². The number of ether oxygens (including phenoxy) is 1. The molecular formula is C20H31N5O4S. The van der Waals surface area contributed by atoms with Crippen molar-refractivity contribution in [3.05, 3.63) is 18.2 Å². The van der Waals surface area contributed by atoms with Crippen LogP contribution in [0, 0.1) is 11.8 Å². The zero-order valence-electron chi connectivity index (χ0n) is 17.7. The van der Waals surface area contributed by atoms with Crippen LogP contribution in [0.4, 0.5) is 11.4 Å². The Morgan fingerprint density at radius 1 is 1.37 bits per heavy atom. The van der Waals surface area contributed by atoms with Crippen LogP contribution in [0.25, 0.3) is 0 Å². The van der Waals surface area contributed by atoms with Gasteiger partial charge in [0.05, 0.1) is 24.0 Å². The lowest BCUT2D eigenvalue weighted by Crippen LogP contribution is -2.53. The third kappa shape index (κ3) is 4.14. The third-order valence-electron chi connectivity index (χ3n) is 6.40. The van der Waals surface area contributed by atoms with E-state index in [0.717, 1.165) is 30.9 Å². The highest BCUT2D eigenvalue weighted by Crippen LogP contribution is 2.36. The Morgan fingerprint density at radius 3 is 2.97 bits per heavy atom. The Balaban J connectivity index is 1.42. The monoisotopic (exact) mass is 437 g/mol. The van der Waals surface area contributed by atoms with E-state index in [9.17, 15) is 13.2 Å². The van der Waals surface area contributed by atoms with E-state index in [1.807, 2.05) is 19.2 Å². The molecule has 4 atom stereocenters. The number of rotatable bonds is 5. The van der Waals surface area contributed by atoms with E-state index < -0.39 is 15.3 Å². The first-order valence-electron chi connectivity index (χ1n) is 10.5. The molecule has 0 radical (unpaired) electrons. The van der Waals surface area contributed by atoms with Crippen LogP contribution in [-0.4, -0.2) is 70.3 Å². The predicted molar refractivity (Wildman–Crippen MR) is 116 cm³/mol. The van der Waals surface area contributed by atoms with Crippen LogP contribution in [0.5, 0.6) is 5.75 Å². The van der Waals surface area contributed by atoms with Crippen LogP contribution in [0.15, 0.2) is 18.2 Å². The number of hydrogen-bond acceptors (Lipinski definition) is 7. The topological polar surface area (TPSA) is 103 Å². The zero-order chi connectivity index (χ0) is 21.5. The molecule has 1 aliphatic carbocycles. The van der Waals surface area contributed by atoms with Gasteiger partial charge in [-0.3, -0.25) is 15.6 Å². The van der Waals surface area contributed by atoms with Gasteiger partial charge in [0.25, 0.3) is 0 Å². The van der Waals surface area contributed by atoms with Crippen LogP contribution in [-0.2, 0) is 14.8 Å². The van der Waals surface area contributed by atoms with Crippen LogP contribution >= 0.6 is 0 Å². The normalized spacial score (nSPS) is 28.6. The molecule has 1 aromatic carbocycles. The predicted octanol–water partition coefficient (Wildman–Crippen LogP) is 0.606. The number of nitrogens with zero attached hydrogens (tertiary/aromatic N) is 2. The Bertz CT molecular complexity index is 908. The van der Waals surface area contributed by atoms with Gasteiger partial charge in [0, 0.05) is 32.4 Å². The van der Waals surface area contributed by atoms with Gasteiger partial charge in [-0.2, -0.15) is 4.31 Å². The second-order valence-electron chi connectivity index (χ2n) is 8.73. The highest BCUT2D eigenvalue weighted by atomic mass is 32.2. The zero-order valence-corrected chi connectivity index (χ0v) is 18.5. The van der Waals surface area contributed by atoms with E-state index in [0.29, 0.717) is 30.6 Å². The molecule has 10 heteroatoms. The molecule has 0 aromatic heterocycles. The molecule has 166 valence electrons. The maximum atomic E-state index is 13.3. The van der Waals surface area contributed by atoms with Crippen LogP contribution < -0.4 is 25.8 Å². The average molecular weight is 438 g/mol. The number of anilines is 2. The Morgan fingerprint density at radius 2 is 2.17 bits per heavy atom. The Labute approximate surface area is 178 Å². The van der Waals surface area contributed by atoms with Gasteiger partial charge in [-0.1, -0.05) is 6.92 Å². The van der Waals surface area contributed by atoms with Crippen molar-refractivity contribution in [3.63, 3.8) is 0 Å². The summed E-state index contributed by atoms with van der Waals surface area (Å²) in [6, 6.07) is 5.32. The van der Waals surface area contributed by atoms with E-state index >= 15 is 0 Å². The first-order valence-corrected chi connectivity index (χ1v) is 12.0. The number of nitrogens with one attached hydrogen (secondary N) is 3. The van der Waals surface area contributed by atoms with Crippen LogP contribution in [0.2, 0.25) is 0 Å². The van der Waals surface area contributed by atoms with E-state index in [4.69, 9.17) is 4.74 Å². The lowest BCUT2D eigenvalue weighted by Gasteiger charge is -2.37. The van der Waals surface area contributed by atoms with Gasteiger partial charge in [-0.05, 0) is 42.9 Å². The number of sulfonamides is 1. The number of likely N-dealkylation sites (N-methyl/N-ethyl adjacent to an activating group) is 2. The van der Waals surface area contributed by atoms with Gasteiger partial charge >= 0.3 is 0 Å². The standard InChI is InChI=1S/C20H31N5O4S/c1-13-8-14-11-21-23-20(14)18(9-13)30(27,28)25(3)12-19(26)22-15-4-5-17-16(10-15)24(2)6-7-29-17/h4-5,10,13-14,18,20-21,23H,6-9,11-12H2,1-3H3,(H,22,26). The SMILES string of the molecule is CC1CC2CNNC2C(S(=O)(=O)N(C)CC(=O)Nc2ccc3c(c2)N(C)CCO3)C1. The Kier molecular flexibility index (Phi) is 5.93. The molecule has 1 aromatic rings. The van der Waals surface area contributed by atoms with Crippen molar-refractivity contribution in [2.75, 3.05) is 50.6 Å². The largest absolute Gasteiger partial charge is 0.490 e. The molecule has 0 bridgehead atoms. The number of hydrogen-bond donors (Lipinski definition) is 3. The second kappa shape index (κ2) is 8.33. The van der Waals surface area contributed by atoms with Crippen molar-refractivity contribution < 1.29 is 17.9 Å². The second-order valence-corrected chi connectivity index (χ2v) is 11.0. The number of benzene rings is 1. The fourth-order valence-electron chi connectivity index (χ4n) is 4.79. The van der Waals surface area contributed by atoms with Crippen molar-refractivity contribution in [1.82, 2.24) is 15.2 Å². The van der Waals surface area contributed by atoms with Crippen molar-refractivity contribution in [3.8, 4) is 5.75 Å². The molecule has 4 unspecified atom stereocenters. The van der Waals surface area contributed by atoms with Crippen LogP contribution in [0.3, 0.4) is 0 Å². The molecule has 1 amide bonds. The van der Waals surface area contributed by atoms with Gasteiger partial charge in [0.1, 0.15) is 12.4 Å². The summed E-state index contributed by atoms with van der Waals surface area (Å²) in [6.45, 7) is 4.06. The smallest absolute Gasteiger partial charge is 0.239 e. The molecule has 4 rings (SSSR count). The van der Waals surface area contributed by atoms with E-state index in [1.165, 1.54) is 11.4 Å². The number of carbonyl (C=O) groups is 1. The minimum Gasteiger partial charge on any atom is -0.490 e. The minimum atomic E-state index is -3.62. The highest BCUT2D eigenvalue weighted by Gasteiger charge is 2.46. The molecule has 2 fully saturated rings. The summed E-state index contributed by atoms with van der Waals surface area (Å²) < 4.78 is 33.3. The van der Waals surface area contributed by atoms with E-state index in [2.05, 4.69) is 28.0 Å². The number of carbonyl (C=O) groups excluding carboxylic acids is 1. The molecular weight excluding hydrogens is 406 g/mol. The first kappa shape index (κ1) is 21.4. The van der Waals surface area contributed by atoms with Crippen molar-refractivity contribution in [2.45, 2.75) is 31.1 Å². The van der Waals surface area contributed by atoms with Gasteiger partial charge in [-0.15, -0.1) is 0 Å². The third-order valence-corrected chi connectivity index (χ3v) is 8.65. The maximum absolute atomic E-state index is 13.3. The summed E-state index contributed by atoms with van der Waals surface area (Å²) >= 11 is 0. The first-order chi connectivity index (χ1) is 14.3. The molecule has 1 saturated heterocycles. The fourth-order valence-corrected chi connectivity index (χ4v) is 6.79. The Hall–Kier alpha value is -1.88.